The second-order valence-electron chi connectivity index (χ2n) is 3.18. The zero-order valence-electron chi connectivity index (χ0n) is 8.18. The highest BCUT2D eigenvalue weighted by atomic mass is 19.1. The van der Waals surface area contributed by atoms with Gasteiger partial charge in [0.1, 0.15) is 5.67 Å². The SMILES string of the molecule is C#CCCC(F)(CCCN)COC. The van der Waals surface area contributed by atoms with Crippen LogP contribution in [0, 0.1) is 12.3 Å². The lowest BCUT2D eigenvalue weighted by atomic mass is 9.95. The van der Waals surface area contributed by atoms with Gasteiger partial charge in [-0.05, 0) is 25.8 Å². The predicted molar refractivity (Wildman–Crippen MR) is 52.1 cm³/mol. The average Bonchev–Trinajstić information content (AvgIpc) is 2.12. The first-order chi connectivity index (χ1) is 6.18. The van der Waals surface area contributed by atoms with Crippen molar-refractivity contribution in [2.24, 2.45) is 5.73 Å². The summed E-state index contributed by atoms with van der Waals surface area (Å²) in [5, 5.41) is 0. The molecule has 0 bridgehead atoms. The summed E-state index contributed by atoms with van der Waals surface area (Å²) in [6.45, 7) is 0.611. The number of nitrogens with two attached hydrogens (primary N) is 1. The summed E-state index contributed by atoms with van der Waals surface area (Å²) < 4.78 is 18.7. The van der Waals surface area contributed by atoms with E-state index in [1.54, 1.807) is 0 Å². The fraction of sp³-hybridized carbons (Fsp3) is 0.800. The first-order valence-electron chi connectivity index (χ1n) is 4.50. The Bertz CT molecular complexity index is 167. The van der Waals surface area contributed by atoms with E-state index in [4.69, 9.17) is 16.9 Å². The van der Waals surface area contributed by atoms with Gasteiger partial charge >= 0.3 is 0 Å². The molecular weight excluding hydrogens is 169 g/mol. The molecule has 1 unspecified atom stereocenters. The van der Waals surface area contributed by atoms with Crippen molar-refractivity contribution in [3.8, 4) is 12.3 Å². The van der Waals surface area contributed by atoms with E-state index in [1.807, 2.05) is 0 Å². The van der Waals surface area contributed by atoms with Crippen molar-refractivity contribution in [2.75, 3.05) is 20.3 Å². The number of terminal acetylenes is 1. The molecule has 0 aromatic rings. The minimum Gasteiger partial charge on any atom is -0.381 e. The first-order valence-corrected chi connectivity index (χ1v) is 4.50. The maximum absolute atomic E-state index is 13.9. The lowest BCUT2D eigenvalue weighted by molar-refractivity contribution is 0.0278. The zero-order chi connectivity index (χ0) is 10.2. The van der Waals surface area contributed by atoms with Crippen LogP contribution in [0.1, 0.15) is 25.7 Å². The Morgan fingerprint density at radius 2 is 2.23 bits per heavy atom. The van der Waals surface area contributed by atoms with E-state index in [9.17, 15) is 4.39 Å². The molecule has 0 fully saturated rings. The highest BCUT2D eigenvalue weighted by molar-refractivity contribution is 4.89. The third kappa shape index (κ3) is 5.62. The normalized spacial score (nSPS) is 14.9. The Hall–Kier alpha value is -0.590. The Kier molecular flexibility index (Phi) is 6.56. The quantitative estimate of drug-likeness (QED) is 0.613. The lowest BCUT2D eigenvalue weighted by Gasteiger charge is -2.23. The molecule has 0 radical (unpaired) electrons. The maximum Gasteiger partial charge on any atom is 0.135 e. The molecular formula is C10H18FNO. The molecule has 76 valence electrons. The van der Waals surface area contributed by atoms with Gasteiger partial charge in [0.15, 0.2) is 0 Å². The molecule has 0 spiro atoms. The number of alkyl halides is 1. The van der Waals surface area contributed by atoms with E-state index in [0.717, 1.165) is 0 Å². The van der Waals surface area contributed by atoms with Gasteiger partial charge in [0.05, 0.1) is 6.61 Å². The molecule has 2 N–H and O–H groups in total. The smallest absolute Gasteiger partial charge is 0.135 e. The number of methoxy groups -OCH3 is 1. The summed E-state index contributed by atoms with van der Waals surface area (Å²) in [7, 11) is 1.49. The summed E-state index contributed by atoms with van der Waals surface area (Å²) in [6.07, 6.45) is 6.99. The minimum atomic E-state index is -1.29. The van der Waals surface area contributed by atoms with E-state index < -0.39 is 5.67 Å². The number of halogens is 1. The van der Waals surface area contributed by atoms with Gasteiger partial charge in [-0.2, -0.15) is 0 Å². The zero-order valence-corrected chi connectivity index (χ0v) is 8.18. The number of hydrogen-bond acceptors (Lipinski definition) is 2. The Morgan fingerprint density at radius 1 is 1.54 bits per heavy atom. The van der Waals surface area contributed by atoms with Gasteiger partial charge in [-0.3, -0.25) is 0 Å². The highest BCUT2D eigenvalue weighted by Crippen LogP contribution is 2.24. The van der Waals surface area contributed by atoms with Gasteiger partial charge in [0.2, 0.25) is 0 Å². The maximum atomic E-state index is 13.9. The fourth-order valence-corrected chi connectivity index (χ4v) is 1.24. The molecule has 0 aliphatic carbocycles. The molecule has 0 saturated carbocycles. The average molecular weight is 187 g/mol. The molecule has 0 heterocycles. The molecule has 2 nitrogen and oxygen atoms in total. The van der Waals surface area contributed by atoms with Gasteiger partial charge in [-0.25, -0.2) is 4.39 Å². The van der Waals surface area contributed by atoms with E-state index in [1.165, 1.54) is 7.11 Å². The molecule has 1 atom stereocenters. The van der Waals surface area contributed by atoms with Crippen molar-refractivity contribution in [2.45, 2.75) is 31.4 Å². The third-order valence-corrected chi connectivity index (χ3v) is 1.95. The molecule has 0 aromatic heterocycles. The van der Waals surface area contributed by atoms with Crippen LogP contribution in [0.4, 0.5) is 4.39 Å². The van der Waals surface area contributed by atoms with Crippen LogP contribution in [0.25, 0.3) is 0 Å². The second kappa shape index (κ2) is 6.88. The molecule has 3 heteroatoms. The third-order valence-electron chi connectivity index (χ3n) is 1.95. The summed E-state index contributed by atoms with van der Waals surface area (Å²) in [5.41, 5.74) is 4.02. The van der Waals surface area contributed by atoms with Crippen LogP contribution in [-0.2, 0) is 4.74 Å². The molecule has 0 saturated heterocycles. The Morgan fingerprint density at radius 3 is 2.69 bits per heavy atom. The van der Waals surface area contributed by atoms with Crippen LogP contribution in [-0.4, -0.2) is 25.9 Å². The van der Waals surface area contributed by atoms with Gasteiger partial charge in [-0.1, -0.05) is 0 Å². The summed E-state index contributed by atoms with van der Waals surface area (Å²) >= 11 is 0. The Balaban J connectivity index is 3.92. The van der Waals surface area contributed by atoms with Gasteiger partial charge in [0.25, 0.3) is 0 Å². The van der Waals surface area contributed by atoms with Crippen molar-refractivity contribution >= 4 is 0 Å². The van der Waals surface area contributed by atoms with Crippen LogP contribution in [0.3, 0.4) is 0 Å². The molecule has 0 amide bonds. The predicted octanol–water partition coefficient (Wildman–Crippen LogP) is 1.49. The van der Waals surface area contributed by atoms with E-state index >= 15 is 0 Å². The molecule has 13 heavy (non-hydrogen) atoms. The van der Waals surface area contributed by atoms with Crippen molar-refractivity contribution in [1.82, 2.24) is 0 Å². The van der Waals surface area contributed by atoms with Crippen LogP contribution >= 0.6 is 0 Å². The standard InChI is InChI=1S/C10H18FNO/c1-3-4-6-10(11,9-13-2)7-5-8-12/h1H,4-9,12H2,2H3. The van der Waals surface area contributed by atoms with Gasteiger partial charge < -0.3 is 10.5 Å². The summed E-state index contributed by atoms with van der Waals surface area (Å²) in [6, 6.07) is 0. The van der Waals surface area contributed by atoms with Crippen molar-refractivity contribution in [3.63, 3.8) is 0 Å². The fourth-order valence-electron chi connectivity index (χ4n) is 1.24. The van der Waals surface area contributed by atoms with Gasteiger partial charge in [0, 0.05) is 13.5 Å². The molecule has 0 aliphatic rings. The first kappa shape index (κ1) is 12.4. The van der Waals surface area contributed by atoms with E-state index in [2.05, 4.69) is 5.92 Å². The van der Waals surface area contributed by atoms with Crippen LogP contribution in [0.15, 0.2) is 0 Å². The van der Waals surface area contributed by atoms with E-state index in [0.29, 0.717) is 32.2 Å². The topological polar surface area (TPSA) is 35.2 Å². The summed E-state index contributed by atoms with van der Waals surface area (Å²) in [4.78, 5) is 0. The summed E-state index contributed by atoms with van der Waals surface area (Å²) in [5.74, 6) is 2.43. The second-order valence-corrected chi connectivity index (χ2v) is 3.18. The van der Waals surface area contributed by atoms with Crippen molar-refractivity contribution < 1.29 is 9.13 Å². The van der Waals surface area contributed by atoms with E-state index in [-0.39, 0.29) is 6.61 Å². The monoisotopic (exact) mass is 187 g/mol. The molecule has 0 aromatic carbocycles. The highest BCUT2D eigenvalue weighted by Gasteiger charge is 2.27. The lowest BCUT2D eigenvalue weighted by Crippen LogP contribution is -2.29. The number of hydrogen-bond donors (Lipinski definition) is 1. The largest absolute Gasteiger partial charge is 0.381 e. The number of rotatable bonds is 7. The van der Waals surface area contributed by atoms with Crippen LogP contribution < -0.4 is 5.73 Å². The molecule has 0 rings (SSSR count). The minimum absolute atomic E-state index is 0.106. The van der Waals surface area contributed by atoms with Crippen molar-refractivity contribution in [3.05, 3.63) is 0 Å². The van der Waals surface area contributed by atoms with Crippen LogP contribution in [0.5, 0.6) is 0 Å². The molecule has 0 aliphatic heterocycles. The van der Waals surface area contributed by atoms with Crippen molar-refractivity contribution in [1.29, 1.82) is 0 Å². The number of ether oxygens (including phenoxy) is 1. The van der Waals surface area contributed by atoms with Gasteiger partial charge in [-0.15, -0.1) is 12.3 Å². The van der Waals surface area contributed by atoms with Crippen LogP contribution in [0.2, 0.25) is 0 Å². The Labute approximate surface area is 79.6 Å².